The van der Waals surface area contributed by atoms with Crippen molar-refractivity contribution >= 4 is 12.4 Å². The van der Waals surface area contributed by atoms with Gasteiger partial charge in [0.25, 0.3) is 0 Å². The number of benzene rings is 2. The average molecular weight is 941 g/mol. The van der Waals surface area contributed by atoms with Gasteiger partial charge in [-0.1, -0.05) is 119 Å². The van der Waals surface area contributed by atoms with Crippen LogP contribution >= 0.6 is 0 Å². The first-order chi connectivity index (χ1) is 25.9. The minimum absolute atomic E-state index is 0. The van der Waals surface area contributed by atoms with Gasteiger partial charge in [-0.05, 0) is 75.8 Å². The van der Waals surface area contributed by atoms with E-state index in [4.69, 9.17) is 35.9 Å². The minimum Gasteiger partial charge on any atom is -0.872 e. The Hall–Kier alpha value is -3.43. The summed E-state index contributed by atoms with van der Waals surface area (Å²) < 4.78 is 0. The summed E-state index contributed by atoms with van der Waals surface area (Å²) in [6.45, 7) is 39.9. The summed E-state index contributed by atoms with van der Waals surface area (Å²) in [6.07, 6.45) is 3.44. The van der Waals surface area contributed by atoms with Crippen LogP contribution in [0.5, 0.6) is 11.5 Å². The fraction of sp³-hybridized carbons (Fsp3) is 0.643. The molecule has 0 atom stereocenters. The molecule has 15 nitrogen and oxygen atoms in total. The van der Waals surface area contributed by atoms with Crippen molar-refractivity contribution in [1.29, 1.82) is 5.26 Å². The molecular weight excluding hydrogens is 871 g/mol. The maximum Gasteiger partial charge on any atom is 4.00 e. The Morgan fingerprint density at radius 3 is 1.09 bits per heavy atom. The first-order valence-electron chi connectivity index (χ1n) is 19.2. The van der Waals surface area contributed by atoms with Gasteiger partial charge in [0.05, 0.1) is 49.0 Å². The van der Waals surface area contributed by atoms with Gasteiger partial charge in [0.1, 0.15) is 0 Å². The molecule has 2 N–H and O–H groups in total. The van der Waals surface area contributed by atoms with Crippen LogP contribution in [-0.2, 0) is 21.7 Å². The van der Waals surface area contributed by atoms with E-state index in [-0.39, 0.29) is 74.9 Å². The molecule has 0 heterocycles. The molecule has 0 unspecified atom stereocenters. The van der Waals surface area contributed by atoms with E-state index in [2.05, 4.69) is 131 Å². The van der Waals surface area contributed by atoms with Gasteiger partial charge < -0.3 is 51.1 Å². The van der Waals surface area contributed by atoms with Crippen LogP contribution in [-0.4, -0.2) is 68.4 Å². The smallest absolute Gasteiger partial charge is 0.872 e. The molecule has 0 aliphatic rings. The van der Waals surface area contributed by atoms with Crippen molar-refractivity contribution in [3.63, 3.8) is 0 Å². The normalized spacial score (nSPS) is 11.4. The van der Waals surface area contributed by atoms with Crippen molar-refractivity contribution in [2.45, 2.75) is 132 Å². The third kappa shape index (κ3) is 28.1. The molecule has 16 heteroatoms. The molecule has 0 bridgehead atoms. The summed E-state index contributed by atoms with van der Waals surface area (Å²) in [5.74, 6) is 0.119. The summed E-state index contributed by atoms with van der Waals surface area (Å²) in [5.41, 5.74) is 4.71. The van der Waals surface area contributed by atoms with Crippen molar-refractivity contribution in [3.05, 3.63) is 88.3 Å². The molecule has 0 amide bonds. The molecule has 0 saturated carbocycles. The molecule has 0 saturated heterocycles. The number of hydrogen-bond donors (Lipinski definition) is 2. The Morgan fingerprint density at radius 2 is 0.897 bits per heavy atom. The van der Waals surface area contributed by atoms with Gasteiger partial charge >= 0.3 is 41.7 Å². The van der Waals surface area contributed by atoms with Gasteiger partial charge in [-0.25, -0.2) is 0 Å². The summed E-state index contributed by atoms with van der Waals surface area (Å²) in [5, 5.41) is 66.3. The maximum atomic E-state index is 13.1. The molecule has 2 aromatic rings. The summed E-state index contributed by atoms with van der Waals surface area (Å²) >= 11 is 0. The zero-order chi connectivity index (χ0) is 45.4. The molecule has 0 fully saturated rings. The Morgan fingerprint density at radius 1 is 0.638 bits per heavy atom. The molecule has 0 aliphatic heterocycles. The average Bonchev–Trinajstić information content (AvgIpc) is 3.04. The van der Waals surface area contributed by atoms with Crippen LogP contribution in [0.15, 0.2) is 34.3 Å². The SMILES string of the molecule is CC#N.CC(C)(C)c1cc(C=NCCNCCN=Cc2cc(C(C)(C)C)cc(C(C)(C)C)c2[O-])c([O-])c(C(C)(C)C)c1.CC[NH+](CC)CC.O=[N+]([O-])[O-].O=[N+]([O-])[O-].[Ce+4]. The Kier molecular flexibility index (Phi) is 31.4. The second-order valence-electron chi connectivity index (χ2n) is 17.2. The zero-order valence-electron chi connectivity index (χ0n) is 37.9. The first kappa shape index (κ1) is 61.2. The summed E-state index contributed by atoms with van der Waals surface area (Å²) in [4.78, 5) is 27.2. The number of hydrogen-bond acceptors (Lipinski definition) is 12. The third-order valence-corrected chi connectivity index (χ3v) is 8.38. The molecule has 0 radical (unpaired) electrons. The number of nitriles is 1. The summed E-state index contributed by atoms with van der Waals surface area (Å²) in [7, 11) is 0. The van der Waals surface area contributed by atoms with Crippen LogP contribution in [0.25, 0.3) is 0 Å². The van der Waals surface area contributed by atoms with E-state index >= 15 is 0 Å². The van der Waals surface area contributed by atoms with Crippen LogP contribution in [0.1, 0.15) is 144 Å². The Labute approximate surface area is 381 Å². The second kappa shape index (κ2) is 29.7. The number of nitrogens with one attached hydrogen (secondary N) is 2. The van der Waals surface area contributed by atoms with Gasteiger partial charge in [0.2, 0.25) is 0 Å². The van der Waals surface area contributed by atoms with Crippen molar-refractivity contribution in [2.75, 3.05) is 45.8 Å². The van der Waals surface area contributed by atoms with Gasteiger partial charge in [-0.3, -0.25) is 9.98 Å². The van der Waals surface area contributed by atoms with Crippen LogP contribution in [0, 0.1) is 83.7 Å². The summed E-state index contributed by atoms with van der Waals surface area (Å²) in [6, 6.07) is 9.82. The molecule has 58 heavy (non-hydrogen) atoms. The molecule has 0 spiro atoms. The van der Waals surface area contributed by atoms with Gasteiger partial charge in [0, 0.05) is 32.4 Å². The molecule has 0 aromatic heterocycles. The van der Waals surface area contributed by atoms with E-state index in [0.29, 0.717) is 37.3 Å². The van der Waals surface area contributed by atoms with Gasteiger partial charge in [0.15, 0.2) is 0 Å². The van der Waals surface area contributed by atoms with Crippen LogP contribution in [0.3, 0.4) is 0 Å². The van der Waals surface area contributed by atoms with Crippen molar-refractivity contribution < 1.29 is 67.0 Å². The van der Waals surface area contributed by atoms with E-state index in [1.807, 2.05) is 12.1 Å². The molecule has 0 aliphatic carbocycles. The van der Waals surface area contributed by atoms with E-state index in [0.717, 1.165) is 22.3 Å². The van der Waals surface area contributed by atoms with E-state index in [9.17, 15) is 10.2 Å². The van der Waals surface area contributed by atoms with E-state index in [1.54, 1.807) is 23.4 Å². The first-order valence-corrected chi connectivity index (χ1v) is 19.2. The molecule has 324 valence electrons. The van der Waals surface area contributed by atoms with Crippen molar-refractivity contribution in [3.8, 4) is 17.6 Å². The molecule has 2 rings (SSSR count). The predicted octanol–water partition coefficient (Wildman–Crippen LogP) is 6.13. The van der Waals surface area contributed by atoms with Gasteiger partial charge in [-0.15, -0.1) is 0 Å². The monoisotopic (exact) mass is 940 g/mol. The van der Waals surface area contributed by atoms with Crippen LogP contribution in [0.2, 0.25) is 0 Å². The standard InChI is InChI=1S/C34H53N3O2.C6H15N.C2H3N.Ce.2NO3/c1-31(2,3)25-17-23(29(38)27(19-25)33(7,8)9)21-36-15-13-35-14-16-37-22-24-18-26(32(4,5)6)20-28(30(24)39)34(10,11)12;1-4-7(5-2)6-3;1-2-3;;2*2-1(3)4/h17-22,35,38-39H,13-16H2,1-12H3;4-6H2,1-3H3;1H3;;;/q;;;+4;2*-1/p-1. The fourth-order valence-electron chi connectivity index (χ4n) is 4.96. The molecule has 2 aromatic carbocycles. The van der Waals surface area contributed by atoms with Crippen LogP contribution < -0.4 is 20.4 Å². The van der Waals surface area contributed by atoms with E-state index in [1.165, 1.54) is 26.6 Å². The van der Waals surface area contributed by atoms with Crippen LogP contribution in [0.4, 0.5) is 0 Å². The zero-order valence-corrected chi connectivity index (χ0v) is 41.1. The maximum absolute atomic E-state index is 13.1. The third-order valence-electron chi connectivity index (χ3n) is 8.38. The van der Waals surface area contributed by atoms with E-state index < -0.39 is 10.2 Å². The largest absolute Gasteiger partial charge is 4.00 e. The minimum atomic E-state index is -1.75. The number of rotatable bonds is 11. The molecular formula is C42H70CeN7O8+. The second-order valence-corrected chi connectivity index (χ2v) is 17.2. The Bertz CT molecular complexity index is 1480. The van der Waals surface area contributed by atoms with Crippen molar-refractivity contribution in [1.82, 2.24) is 5.32 Å². The van der Waals surface area contributed by atoms with Crippen molar-refractivity contribution in [2.24, 2.45) is 9.98 Å². The number of aliphatic imine (C=N–C) groups is 2. The predicted molar refractivity (Wildman–Crippen MR) is 229 cm³/mol. The quantitative estimate of drug-likeness (QED) is 0.113. The van der Waals surface area contributed by atoms with Gasteiger partial charge in [-0.2, -0.15) is 5.26 Å². The number of quaternary nitrogens is 1. The fourth-order valence-corrected chi connectivity index (χ4v) is 4.96. The number of nitrogens with zero attached hydrogens (tertiary/aromatic N) is 5. The Balaban J connectivity index is -0.000000640. The topological polar surface area (TPSA) is 243 Å².